The molecule has 0 aromatic heterocycles. The summed E-state index contributed by atoms with van der Waals surface area (Å²) in [5, 5.41) is -0.494. The van der Waals surface area contributed by atoms with E-state index in [1.54, 1.807) is 12.1 Å². The van der Waals surface area contributed by atoms with Crippen molar-refractivity contribution in [2.24, 2.45) is 0 Å². The summed E-state index contributed by atoms with van der Waals surface area (Å²) in [7, 11) is 0. The van der Waals surface area contributed by atoms with Crippen LogP contribution < -0.4 is 0 Å². The number of hydrogen-bond donors (Lipinski definition) is 0. The Bertz CT molecular complexity index is 384. The second-order valence-electron chi connectivity index (χ2n) is 2.89. The zero-order valence-corrected chi connectivity index (χ0v) is 10.4. The van der Waals surface area contributed by atoms with Gasteiger partial charge < -0.3 is 4.79 Å². The van der Waals surface area contributed by atoms with Crippen molar-refractivity contribution in [2.75, 3.05) is 0 Å². The molecule has 2 aromatic rings. The van der Waals surface area contributed by atoms with Crippen LogP contribution in [0.3, 0.4) is 0 Å². The first kappa shape index (κ1) is 14.9. The van der Waals surface area contributed by atoms with Gasteiger partial charge in [-0.3, -0.25) is 0 Å². The number of rotatable bonds is 2. The summed E-state index contributed by atoms with van der Waals surface area (Å²) in [5.74, 6) is 0. The van der Waals surface area contributed by atoms with E-state index in [4.69, 9.17) is 11.6 Å². The Morgan fingerprint density at radius 1 is 1.12 bits per heavy atom. The van der Waals surface area contributed by atoms with Crippen LogP contribution in [0.1, 0.15) is 5.56 Å². The smallest absolute Gasteiger partial charge is 0.322 e. The van der Waals surface area contributed by atoms with Crippen LogP contribution in [0.25, 0.3) is 5.57 Å². The molecule has 0 aliphatic rings. The van der Waals surface area contributed by atoms with Crippen molar-refractivity contribution in [1.29, 1.82) is 0 Å². The first-order valence-electron chi connectivity index (χ1n) is 4.49. The molecule has 1 nitrogen and oxygen atoms in total. The number of hydrogen-bond acceptors (Lipinski definition) is 1. The predicted molar refractivity (Wildman–Crippen MR) is 64.0 cm³/mol. The molecule has 0 N–H and O–H groups in total. The molecular formula is C13H11ClFeO. The van der Waals surface area contributed by atoms with Gasteiger partial charge in [-0.25, -0.2) is 12.1 Å². The van der Waals surface area contributed by atoms with Crippen molar-refractivity contribution in [2.45, 2.75) is 0 Å². The first-order chi connectivity index (χ1) is 7.22. The van der Waals surface area contributed by atoms with E-state index in [-0.39, 0.29) is 17.1 Å². The van der Waals surface area contributed by atoms with Crippen LogP contribution in [-0.4, -0.2) is 5.24 Å². The first-order valence-corrected chi connectivity index (χ1v) is 4.87. The fourth-order valence-corrected chi connectivity index (χ4v) is 1.12. The van der Waals surface area contributed by atoms with Crippen LogP contribution in [0.15, 0.2) is 61.2 Å². The van der Waals surface area contributed by atoms with Crippen molar-refractivity contribution < 1.29 is 21.9 Å². The van der Waals surface area contributed by atoms with Crippen LogP contribution in [0.5, 0.6) is 0 Å². The predicted octanol–water partition coefficient (Wildman–Crippen LogP) is 3.59. The van der Waals surface area contributed by atoms with Gasteiger partial charge in [0.2, 0.25) is 0 Å². The molecule has 16 heavy (non-hydrogen) atoms. The van der Waals surface area contributed by atoms with E-state index in [1.807, 2.05) is 42.5 Å². The van der Waals surface area contributed by atoms with Crippen LogP contribution in [-0.2, 0) is 21.9 Å². The summed E-state index contributed by atoms with van der Waals surface area (Å²) in [6, 6.07) is 17.3. The number of carbonyl (C=O) groups excluding carboxylic acids is 1. The topological polar surface area (TPSA) is 17.1 Å². The minimum Gasteiger partial charge on any atom is -0.322 e. The summed E-state index contributed by atoms with van der Waals surface area (Å²) < 4.78 is 0. The van der Waals surface area contributed by atoms with Crippen molar-refractivity contribution in [3.63, 3.8) is 0 Å². The maximum absolute atomic E-state index is 10.5. The molecule has 2 rings (SSSR count). The van der Waals surface area contributed by atoms with Crippen molar-refractivity contribution in [1.82, 2.24) is 0 Å². The molecule has 0 saturated heterocycles. The molecule has 0 atom stereocenters. The Morgan fingerprint density at radius 3 is 1.94 bits per heavy atom. The van der Waals surface area contributed by atoms with E-state index in [1.165, 1.54) is 0 Å². The Labute approximate surface area is 111 Å². The number of allylic oxidation sites excluding steroid dienone is 1. The van der Waals surface area contributed by atoms with Gasteiger partial charge in [-0.1, -0.05) is 22.7 Å². The van der Waals surface area contributed by atoms with Crippen LogP contribution in [0, 0.1) is 0 Å². The van der Waals surface area contributed by atoms with E-state index in [2.05, 4.69) is 6.58 Å². The zero-order chi connectivity index (χ0) is 11.1. The monoisotopic (exact) mass is 274 g/mol. The summed E-state index contributed by atoms with van der Waals surface area (Å²) in [4.78, 5) is 10.5. The average Bonchev–Trinajstić information content (AvgIpc) is 2.92. The molecule has 0 unspecified atom stereocenters. The molecule has 0 amide bonds. The van der Waals surface area contributed by atoms with Gasteiger partial charge in [0.15, 0.2) is 5.24 Å². The van der Waals surface area contributed by atoms with Crippen molar-refractivity contribution in [3.8, 4) is 0 Å². The van der Waals surface area contributed by atoms with E-state index < -0.39 is 5.24 Å². The van der Waals surface area contributed by atoms with E-state index in [0.29, 0.717) is 5.57 Å². The van der Waals surface area contributed by atoms with Gasteiger partial charge in [0.05, 0.1) is 0 Å². The standard InChI is InChI=1S/C8H6ClO.C5H5.Fe/c1-6(8(9)10)7-4-2-3-5-7;1-2-4-5-3-1;/h2-5H,1H2;1-5H;/q2*-1;+2. The third-order valence-electron chi connectivity index (χ3n) is 1.80. The fourth-order valence-electron chi connectivity index (χ4n) is 1.01. The molecule has 84 valence electrons. The second-order valence-corrected chi connectivity index (χ2v) is 3.23. The van der Waals surface area contributed by atoms with E-state index in [0.717, 1.165) is 5.56 Å². The summed E-state index contributed by atoms with van der Waals surface area (Å²) in [6.07, 6.45) is 0. The molecule has 0 saturated carbocycles. The average molecular weight is 275 g/mol. The minimum atomic E-state index is -0.494. The molecule has 0 aliphatic heterocycles. The zero-order valence-electron chi connectivity index (χ0n) is 8.54. The summed E-state index contributed by atoms with van der Waals surface area (Å²) >= 11 is 5.18. The molecule has 0 fully saturated rings. The number of halogens is 1. The third-order valence-corrected chi connectivity index (χ3v) is 2.03. The van der Waals surface area contributed by atoms with E-state index in [9.17, 15) is 4.79 Å². The normalized spacial score (nSPS) is 8.31. The quantitative estimate of drug-likeness (QED) is 0.354. The Hall–Kier alpha value is -1.08. The van der Waals surface area contributed by atoms with Gasteiger partial charge in [-0.15, -0.1) is 12.1 Å². The van der Waals surface area contributed by atoms with Gasteiger partial charge >= 0.3 is 17.1 Å². The van der Waals surface area contributed by atoms with Crippen molar-refractivity contribution in [3.05, 3.63) is 66.7 Å². The summed E-state index contributed by atoms with van der Waals surface area (Å²) in [5.41, 5.74) is 1.15. The molecule has 2 aromatic carbocycles. The number of carbonyl (C=O) groups is 1. The van der Waals surface area contributed by atoms with Crippen LogP contribution in [0.2, 0.25) is 0 Å². The second kappa shape index (κ2) is 8.12. The maximum Gasteiger partial charge on any atom is 2.00 e. The largest absolute Gasteiger partial charge is 2.00 e. The molecule has 0 aliphatic carbocycles. The van der Waals surface area contributed by atoms with Gasteiger partial charge in [-0.2, -0.15) is 36.9 Å². The SMILES string of the molecule is C=C(C(=O)Cl)[c-]1cccc1.[Fe+2].c1cc[cH-]c1. The molecule has 0 heterocycles. The van der Waals surface area contributed by atoms with E-state index >= 15 is 0 Å². The fraction of sp³-hybridized carbons (Fsp3) is 0. The Balaban J connectivity index is 0.000000318. The van der Waals surface area contributed by atoms with Gasteiger partial charge in [0.1, 0.15) is 0 Å². The molecule has 0 bridgehead atoms. The van der Waals surface area contributed by atoms with Crippen LogP contribution >= 0.6 is 11.6 Å². The van der Waals surface area contributed by atoms with Crippen LogP contribution in [0.4, 0.5) is 0 Å². The molecule has 0 radical (unpaired) electrons. The van der Waals surface area contributed by atoms with Gasteiger partial charge in [0.25, 0.3) is 0 Å². The van der Waals surface area contributed by atoms with Gasteiger partial charge in [0, 0.05) is 0 Å². The van der Waals surface area contributed by atoms with Crippen molar-refractivity contribution >= 4 is 22.4 Å². The molecule has 3 heteroatoms. The Kier molecular flexibility index (Phi) is 7.57. The van der Waals surface area contributed by atoms with Gasteiger partial charge in [-0.05, 0) is 0 Å². The maximum atomic E-state index is 10.5. The Morgan fingerprint density at radius 2 is 1.62 bits per heavy atom. The summed E-state index contributed by atoms with van der Waals surface area (Å²) in [6.45, 7) is 3.52. The molecule has 0 spiro atoms. The minimum absolute atomic E-state index is 0. The molecular weight excluding hydrogens is 263 g/mol. The third kappa shape index (κ3) is 5.13.